The number of nitrogens with one attached hydrogen (secondary N) is 1. The average Bonchev–Trinajstić information content (AvgIpc) is 3.22. The van der Waals surface area contributed by atoms with Gasteiger partial charge in [0.1, 0.15) is 18.5 Å². The van der Waals surface area contributed by atoms with Crippen molar-refractivity contribution in [2.45, 2.75) is 84.6 Å². The molecule has 2 fully saturated rings. The maximum Gasteiger partial charge on any atom is 0.259 e. The Balaban J connectivity index is 1.85. The van der Waals surface area contributed by atoms with Gasteiger partial charge >= 0.3 is 0 Å². The van der Waals surface area contributed by atoms with Crippen LogP contribution < -0.4 is 5.32 Å². The molecular formula is C25H37FN2O6S. The van der Waals surface area contributed by atoms with Gasteiger partial charge in [-0.25, -0.2) is 9.37 Å². The first-order chi connectivity index (χ1) is 16.2. The van der Waals surface area contributed by atoms with E-state index in [4.69, 9.17) is 9.47 Å². The number of epoxide rings is 1. The smallest absolute Gasteiger partial charge is 0.259 e. The van der Waals surface area contributed by atoms with E-state index in [9.17, 15) is 19.8 Å². The largest absolute Gasteiger partial charge is 0.392 e. The van der Waals surface area contributed by atoms with Crippen LogP contribution in [0.4, 0.5) is 4.39 Å². The van der Waals surface area contributed by atoms with E-state index in [1.165, 1.54) is 11.3 Å². The predicted molar refractivity (Wildman–Crippen MR) is 130 cm³/mol. The highest BCUT2D eigenvalue weighted by Crippen LogP contribution is 2.42. The van der Waals surface area contributed by atoms with Gasteiger partial charge in [0, 0.05) is 23.6 Å². The number of amides is 1. The van der Waals surface area contributed by atoms with Crippen LogP contribution in [0.3, 0.4) is 0 Å². The van der Waals surface area contributed by atoms with Crippen LogP contribution in [0.1, 0.15) is 58.2 Å². The lowest BCUT2D eigenvalue weighted by Crippen LogP contribution is -2.48. The number of rotatable bonds is 2. The summed E-state index contributed by atoms with van der Waals surface area (Å²) >= 11 is 1.50. The molecule has 0 bridgehead atoms. The highest BCUT2D eigenvalue weighted by atomic mass is 32.1. The topological polar surface area (TPSA) is 121 Å². The van der Waals surface area contributed by atoms with Gasteiger partial charge in [-0.15, -0.1) is 11.3 Å². The molecule has 1 aromatic heterocycles. The number of hydrogen-bond acceptors (Lipinski definition) is 8. The second-order valence-electron chi connectivity index (χ2n) is 10.5. The van der Waals surface area contributed by atoms with Crippen LogP contribution in [0.15, 0.2) is 11.0 Å². The van der Waals surface area contributed by atoms with Gasteiger partial charge < -0.3 is 25.0 Å². The van der Waals surface area contributed by atoms with Crippen molar-refractivity contribution < 1.29 is 33.7 Å². The van der Waals surface area contributed by atoms with Gasteiger partial charge in [0.05, 0.1) is 47.4 Å². The number of hydrogen-bond donors (Lipinski definition) is 3. The number of carbonyl (C=O) groups is 2. The molecular weight excluding hydrogens is 475 g/mol. The van der Waals surface area contributed by atoms with Gasteiger partial charge in [-0.3, -0.25) is 9.59 Å². The lowest BCUT2D eigenvalue weighted by molar-refractivity contribution is -0.143. The minimum atomic E-state index is -1.98. The maximum atomic E-state index is 15.1. The van der Waals surface area contributed by atoms with Crippen molar-refractivity contribution in [1.82, 2.24) is 10.3 Å². The molecule has 7 atom stereocenters. The fourth-order valence-electron chi connectivity index (χ4n) is 4.47. The van der Waals surface area contributed by atoms with Gasteiger partial charge in [-0.05, 0) is 25.5 Å². The summed E-state index contributed by atoms with van der Waals surface area (Å²) in [5.41, 5.74) is 0.242. The first kappa shape index (κ1) is 27.9. The molecule has 196 valence electrons. The van der Waals surface area contributed by atoms with Crippen LogP contribution in [-0.4, -0.2) is 70.3 Å². The fourth-order valence-corrected chi connectivity index (χ4v) is 5.04. The molecule has 3 N–H and O–H groups in total. The molecule has 0 radical (unpaired) electrons. The van der Waals surface area contributed by atoms with Crippen molar-refractivity contribution in [2.24, 2.45) is 17.3 Å². The third-order valence-electron chi connectivity index (χ3n) is 7.14. The Labute approximate surface area is 209 Å². The first-order valence-electron chi connectivity index (χ1n) is 12.0. The van der Waals surface area contributed by atoms with Crippen molar-refractivity contribution in [2.75, 3.05) is 13.2 Å². The molecule has 0 aromatic carbocycles. The molecule has 8 nitrogen and oxygen atoms in total. The Bertz CT molecular complexity index is 966. The Hall–Kier alpha value is -1.72. The van der Waals surface area contributed by atoms with E-state index in [2.05, 4.69) is 10.3 Å². The van der Waals surface area contributed by atoms with E-state index in [-0.39, 0.29) is 31.8 Å². The van der Waals surface area contributed by atoms with E-state index in [1.807, 2.05) is 25.3 Å². The van der Waals surface area contributed by atoms with Crippen molar-refractivity contribution >= 4 is 29.1 Å². The molecule has 1 amide bonds. The number of alkyl halides is 1. The Kier molecular flexibility index (Phi) is 8.53. The third-order valence-corrected chi connectivity index (χ3v) is 7.94. The standard InChI is InChI=1S/C25H37FN2O6S/c1-13(7-17-11-35-16(4)27-17)18-8-20-25(26,34-20)12-33-10-14(2)22(31)15(3)23(32)24(5,6)19(29)9-21(30)28-18/h7,11,14-15,18-20,22,29,31H,8-10,12H2,1-6H3,(H,28,30)/b13-7+/t14-,15+,18-,19-,20?,22-,25?/m0/s1. The van der Waals surface area contributed by atoms with Crippen molar-refractivity contribution in [3.05, 3.63) is 21.7 Å². The Morgan fingerprint density at radius 2 is 2.00 bits per heavy atom. The van der Waals surface area contributed by atoms with Gasteiger partial charge in [0.2, 0.25) is 5.91 Å². The lowest BCUT2D eigenvalue weighted by Gasteiger charge is -2.34. The SMILES string of the molecule is C/C(=C\c1csc(C)n1)[C@@H]1CC2OC2(F)COC[C@H](C)[C@H](O)[C@@H](C)C(=O)C(C)(C)[C@@H](O)CC(=O)N1. The molecule has 2 aliphatic heterocycles. The molecule has 35 heavy (non-hydrogen) atoms. The van der Waals surface area contributed by atoms with Crippen molar-refractivity contribution in [1.29, 1.82) is 0 Å². The summed E-state index contributed by atoms with van der Waals surface area (Å²) in [4.78, 5) is 30.5. The molecule has 0 aliphatic carbocycles. The molecule has 2 saturated heterocycles. The second kappa shape index (κ2) is 10.7. The summed E-state index contributed by atoms with van der Waals surface area (Å²) in [5.74, 6) is -4.06. The molecule has 3 heterocycles. The number of aromatic nitrogens is 1. The minimum absolute atomic E-state index is 0.0474. The minimum Gasteiger partial charge on any atom is -0.392 e. The summed E-state index contributed by atoms with van der Waals surface area (Å²) in [5, 5.41) is 27.2. The molecule has 2 unspecified atom stereocenters. The number of carbonyl (C=O) groups excluding carboxylic acids is 2. The van der Waals surface area contributed by atoms with Crippen LogP contribution in [0.2, 0.25) is 0 Å². The van der Waals surface area contributed by atoms with Crippen LogP contribution in [0.5, 0.6) is 0 Å². The monoisotopic (exact) mass is 512 g/mol. The van der Waals surface area contributed by atoms with Crippen LogP contribution in [0.25, 0.3) is 6.08 Å². The number of nitrogens with zero attached hydrogens (tertiary/aromatic N) is 1. The zero-order chi connectivity index (χ0) is 26.1. The van der Waals surface area contributed by atoms with E-state index in [0.29, 0.717) is 0 Å². The van der Waals surface area contributed by atoms with Gasteiger partial charge in [-0.1, -0.05) is 27.7 Å². The first-order valence-corrected chi connectivity index (χ1v) is 12.9. The molecule has 1 aromatic rings. The summed E-state index contributed by atoms with van der Waals surface area (Å²) in [6.07, 6.45) is -1.40. The summed E-state index contributed by atoms with van der Waals surface area (Å²) < 4.78 is 25.9. The molecule has 10 heteroatoms. The summed E-state index contributed by atoms with van der Waals surface area (Å²) in [6, 6.07) is -0.564. The van der Waals surface area contributed by atoms with E-state index < -0.39 is 53.4 Å². The fraction of sp³-hybridized carbons (Fsp3) is 0.720. The molecule has 2 aliphatic rings. The molecule has 0 saturated carbocycles. The van der Waals surface area contributed by atoms with Gasteiger partial charge in [-0.2, -0.15) is 0 Å². The van der Waals surface area contributed by atoms with Gasteiger partial charge in [0.25, 0.3) is 5.85 Å². The summed E-state index contributed by atoms with van der Waals surface area (Å²) in [7, 11) is 0. The van der Waals surface area contributed by atoms with E-state index >= 15 is 4.39 Å². The second-order valence-corrected chi connectivity index (χ2v) is 11.6. The number of aliphatic hydroxyl groups excluding tert-OH is 2. The maximum absolute atomic E-state index is 15.1. The quantitative estimate of drug-likeness (QED) is 0.521. The van der Waals surface area contributed by atoms with E-state index in [0.717, 1.165) is 16.3 Å². The molecule has 0 spiro atoms. The van der Waals surface area contributed by atoms with Crippen LogP contribution >= 0.6 is 11.3 Å². The number of thiazole rings is 1. The number of fused-ring (bicyclic) bond motifs is 1. The zero-order valence-electron chi connectivity index (χ0n) is 21.2. The molecule has 3 rings (SSSR count). The normalized spacial score (nSPS) is 37.5. The van der Waals surface area contributed by atoms with E-state index in [1.54, 1.807) is 27.7 Å². The van der Waals surface area contributed by atoms with Gasteiger partial charge in [0.15, 0.2) is 0 Å². The van der Waals surface area contributed by atoms with Crippen molar-refractivity contribution in [3.8, 4) is 0 Å². The summed E-state index contributed by atoms with van der Waals surface area (Å²) in [6.45, 7) is 9.91. The Morgan fingerprint density at radius 3 is 2.63 bits per heavy atom. The number of aryl methyl sites for hydroxylation is 1. The van der Waals surface area contributed by atoms with Crippen molar-refractivity contribution in [3.63, 3.8) is 0 Å². The lowest BCUT2D eigenvalue weighted by atomic mass is 9.73. The number of ether oxygens (including phenoxy) is 2. The number of aliphatic hydroxyl groups is 2. The third kappa shape index (κ3) is 6.54. The number of Topliss-reactive ketones (excluding diaryl/α,β-unsaturated/α-hetero) is 1. The number of ketones is 1. The van der Waals surface area contributed by atoms with Crippen LogP contribution in [0, 0.1) is 24.2 Å². The highest BCUT2D eigenvalue weighted by molar-refractivity contribution is 7.09. The highest BCUT2D eigenvalue weighted by Gasteiger charge is 2.59. The Morgan fingerprint density at radius 1 is 1.31 bits per heavy atom. The van der Waals surface area contributed by atoms with Crippen LogP contribution in [-0.2, 0) is 19.1 Å². The average molecular weight is 513 g/mol. The zero-order valence-corrected chi connectivity index (χ0v) is 22.0. The predicted octanol–water partition coefficient (Wildman–Crippen LogP) is 2.80. The number of halogens is 1.